The van der Waals surface area contributed by atoms with Crippen molar-refractivity contribution in [2.24, 2.45) is 0 Å². The van der Waals surface area contributed by atoms with Gasteiger partial charge < -0.3 is 15.5 Å². The van der Waals surface area contributed by atoms with Crippen molar-refractivity contribution in [2.45, 2.75) is 32.4 Å². The first-order valence-corrected chi connectivity index (χ1v) is 13.7. The highest BCUT2D eigenvalue weighted by Crippen LogP contribution is 2.43. The van der Waals surface area contributed by atoms with Crippen molar-refractivity contribution >= 4 is 56.2 Å². The number of amides is 1. The molecule has 9 heteroatoms. The van der Waals surface area contributed by atoms with Gasteiger partial charge in [-0.1, -0.05) is 36.5 Å². The third-order valence-corrected chi connectivity index (χ3v) is 8.10. The van der Waals surface area contributed by atoms with E-state index >= 15 is 0 Å². The van der Waals surface area contributed by atoms with E-state index in [0.29, 0.717) is 11.5 Å². The van der Waals surface area contributed by atoms with E-state index < -0.39 is 0 Å². The predicted octanol–water partition coefficient (Wildman–Crippen LogP) is 6.32. The smallest absolute Gasteiger partial charge is 0.224 e. The molecule has 5 aromatic rings. The summed E-state index contributed by atoms with van der Waals surface area (Å²) < 4.78 is 3.29. The number of aryl methyl sites for hydroxylation is 1. The molecule has 0 unspecified atom stereocenters. The molecule has 1 fully saturated rings. The first-order valence-electron chi connectivity index (χ1n) is 12.5. The number of thiazole rings is 1. The zero-order valence-electron chi connectivity index (χ0n) is 21.0. The lowest BCUT2D eigenvalue weighted by Gasteiger charge is -2.29. The molecule has 7 nitrogen and oxygen atoms in total. The van der Waals surface area contributed by atoms with E-state index in [4.69, 9.17) is 17.2 Å². The van der Waals surface area contributed by atoms with E-state index in [0.717, 1.165) is 43.7 Å². The van der Waals surface area contributed by atoms with E-state index in [2.05, 4.69) is 49.5 Å². The molecule has 1 amide bonds. The Kier molecular flexibility index (Phi) is 6.39. The molecule has 4 heterocycles. The summed E-state index contributed by atoms with van der Waals surface area (Å²) >= 11 is 7.58. The Balaban J connectivity index is 1.46. The molecular weight excluding hydrogens is 512 g/mol. The lowest BCUT2D eigenvalue weighted by molar-refractivity contribution is -0.115. The summed E-state index contributed by atoms with van der Waals surface area (Å²) in [6, 6.07) is 23.9. The van der Waals surface area contributed by atoms with Crippen LogP contribution in [0.3, 0.4) is 0 Å². The maximum absolute atomic E-state index is 12.0. The van der Waals surface area contributed by atoms with Gasteiger partial charge in [0, 0.05) is 30.2 Å². The second kappa shape index (κ2) is 10.00. The Morgan fingerprint density at radius 3 is 2.71 bits per heavy atom. The minimum absolute atomic E-state index is 0.0130. The van der Waals surface area contributed by atoms with Crippen LogP contribution in [0.2, 0.25) is 0 Å². The van der Waals surface area contributed by atoms with Crippen LogP contribution in [0.4, 0.5) is 11.4 Å². The summed E-state index contributed by atoms with van der Waals surface area (Å²) in [7, 11) is 0. The van der Waals surface area contributed by atoms with Crippen LogP contribution in [-0.4, -0.2) is 25.6 Å². The number of pyridine rings is 1. The summed E-state index contributed by atoms with van der Waals surface area (Å²) in [4.78, 5) is 23.7. The molecule has 1 aliphatic rings. The van der Waals surface area contributed by atoms with Crippen molar-refractivity contribution in [2.75, 3.05) is 10.2 Å². The van der Waals surface area contributed by atoms with Crippen LogP contribution in [-0.2, 0) is 4.79 Å². The number of benzene rings is 2. The van der Waals surface area contributed by atoms with Crippen molar-refractivity contribution in [1.29, 1.82) is 0 Å². The number of thiocarbonyl (C=S) groups is 1. The zero-order valence-corrected chi connectivity index (χ0v) is 22.6. The fourth-order valence-electron chi connectivity index (χ4n) is 4.88. The molecule has 2 N–H and O–H groups in total. The number of rotatable bonds is 6. The highest BCUT2D eigenvalue weighted by molar-refractivity contribution is 7.80. The fraction of sp³-hybridized carbons (Fsp3) is 0.172. The van der Waals surface area contributed by atoms with Crippen LogP contribution in [0.5, 0.6) is 0 Å². The van der Waals surface area contributed by atoms with Gasteiger partial charge in [-0.3, -0.25) is 14.3 Å². The monoisotopic (exact) mass is 538 g/mol. The summed E-state index contributed by atoms with van der Waals surface area (Å²) in [5, 5.41) is 8.03. The Labute approximate surface area is 230 Å². The molecule has 0 radical (unpaired) electrons. The van der Waals surface area contributed by atoms with E-state index in [1.165, 1.54) is 0 Å². The fourth-order valence-corrected chi connectivity index (χ4v) is 6.20. The Bertz CT molecular complexity index is 1610. The predicted molar refractivity (Wildman–Crippen MR) is 157 cm³/mol. The maximum Gasteiger partial charge on any atom is 0.224 e. The van der Waals surface area contributed by atoms with Crippen molar-refractivity contribution in [1.82, 2.24) is 19.9 Å². The SMILES string of the molecule is CCC(=O)Nc1ccc(N2C(=S)N[C@@H](c3ccccn3)[C@@H]2c2cccn2-c2nc3ccccc3s2)cc1C. The number of hydrogen-bond donors (Lipinski definition) is 2. The molecule has 38 heavy (non-hydrogen) atoms. The highest BCUT2D eigenvalue weighted by Gasteiger charge is 2.42. The van der Waals surface area contributed by atoms with Crippen LogP contribution in [0, 0.1) is 6.92 Å². The lowest BCUT2D eigenvalue weighted by Crippen LogP contribution is -2.30. The second-order valence-corrected chi connectivity index (χ2v) is 10.6. The van der Waals surface area contributed by atoms with Crippen molar-refractivity contribution in [3.8, 4) is 5.13 Å². The van der Waals surface area contributed by atoms with Crippen molar-refractivity contribution < 1.29 is 4.79 Å². The molecule has 2 atom stereocenters. The average molecular weight is 539 g/mol. The number of nitrogens with zero attached hydrogens (tertiary/aromatic N) is 4. The third kappa shape index (κ3) is 4.33. The first kappa shape index (κ1) is 24.3. The van der Waals surface area contributed by atoms with Crippen LogP contribution in [0.1, 0.15) is 42.4 Å². The highest BCUT2D eigenvalue weighted by atomic mass is 32.1. The maximum atomic E-state index is 12.0. The van der Waals surface area contributed by atoms with Gasteiger partial charge in [0.05, 0.1) is 27.6 Å². The summed E-state index contributed by atoms with van der Waals surface area (Å²) in [6.45, 7) is 3.84. The normalized spacial score (nSPS) is 17.1. The van der Waals surface area contributed by atoms with Gasteiger partial charge in [-0.05, 0) is 79.3 Å². The number of para-hydroxylation sites is 1. The molecule has 6 rings (SSSR count). The van der Waals surface area contributed by atoms with Gasteiger partial charge in [-0.15, -0.1) is 0 Å². The number of carbonyl (C=O) groups excluding carboxylic acids is 1. The van der Waals surface area contributed by atoms with Gasteiger partial charge in [-0.2, -0.15) is 0 Å². The Hall–Kier alpha value is -4.08. The minimum Gasteiger partial charge on any atom is -0.351 e. The average Bonchev–Trinajstić information content (AvgIpc) is 3.66. The first-order chi connectivity index (χ1) is 18.5. The van der Waals surface area contributed by atoms with E-state index in [1.54, 1.807) is 11.3 Å². The van der Waals surface area contributed by atoms with Gasteiger partial charge in [0.2, 0.25) is 5.91 Å². The van der Waals surface area contributed by atoms with Gasteiger partial charge in [-0.25, -0.2) is 4.98 Å². The van der Waals surface area contributed by atoms with Crippen LogP contribution < -0.4 is 15.5 Å². The third-order valence-electron chi connectivity index (χ3n) is 6.75. The van der Waals surface area contributed by atoms with Crippen molar-refractivity contribution in [3.63, 3.8) is 0 Å². The molecule has 1 aliphatic heterocycles. The van der Waals surface area contributed by atoms with Gasteiger partial charge in [0.25, 0.3) is 0 Å². The minimum atomic E-state index is -0.185. The molecule has 2 aromatic carbocycles. The quantitative estimate of drug-likeness (QED) is 0.247. The number of fused-ring (bicyclic) bond motifs is 1. The zero-order chi connectivity index (χ0) is 26.2. The van der Waals surface area contributed by atoms with Gasteiger partial charge in [0.1, 0.15) is 6.04 Å². The number of carbonyl (C=O) groups is 1. The molecule has 190 valence electrons. The topological polar surface area (TPSA) is 75.1 Å². The molecule has 1 saturated heterocycles. The number of aromatic nitrogens is 3. The summed E-state index contributed by atoms with van der Waals surface area (Å²) in [6.07, 6.45) is 4.29. The van der Waals surface area contributed by atoms with Gasteiger partial charge >= 0.3 is 0 Å². The van der Waals surface area contributed by atoms with Crippen LogP contribution in [0.15, 0.2) is 85.2 Å². The standard InChI is InChI=1S/C29H26N6OS2/c1-3-25(36)31-20-14-13-19(17-18(20)2)35-27(26(33-28(35)37)22-10-6-7-15-30-22)23-11-8-16-34(23)29-32-21-9-4-5-12-24(21)38-29/h4-17,26-27H,3H2,1-2H3,(H,31,36)(H,33,37)/t26-,27-/m0/s1. The summed E-state index contributed by atoms with van der Waals surface area (Å²) in [5.74, 6) is -0.0130. The molecule has 0 bridgehead atoms. The lowest BCUT2D eigenvalue weighted by atomic mass is 10.0. The number of nitrogens with one attached hydrogen (secondary N) is 2. The largest absolute Gasteiger partial charge is 0.351 e. The number of anilines is 2. The van der Waals surface area contributed by atoms with E-state index in [1.807, 2.05) is 74.6 Å². The van der Waals surface area contributed by atoms with E-state index in [9.17, 15) is 4.79 Å². The molecule has 0 aliphatic carbocycles. The van der Waals surface area contributed by atoms with E-state index in [-0.39, 0.29) is 18.0 Å². The summed E-state index contributed by atoms with van der Waals surface area (Å²) in [5.41, 5.74) is 5.64. The molecular formula is C29H26N6OS2. The van der Waals surface area contributed by atoms with Crippen LogP contribution >= 0.6 is 23.6 Å². The second-order valence-electron chi connectivity index (χ2n) is 9.16. The van der Waals surface area contributed by atoms with Crippen LogP contribution in [0.25, 0.3) is 15.3 Å². The Morgan fingerprint density at radius 2 is 1.95 bits per heavy atom. The number of hydrogen-bond acceptors (Lipinski definition) is 5. The molecule has 0 spiro atoms. The van der Waals surface area contributed by atoms with Gasteiger partial charge in [0.15, 0.2) is 10.2 Å². The molecule has 0 saturated carbocycles. The van der Waals surface area contributed by atoms with Crippen molar-refractivity contribution in [3.05, 3.63) is 102 Å². The Morgan fingerprint density at radius 1 is 1.11 bits per heavy atom. The molecule has 3 aromatic heterocycles.